The molecule has 8 nitrogen and oxygen atoms in total. The molecule has 10 heteroatoms. The van der Waals surface area contributed by atoms with Crippen molar-refractivity contribution in [3.8, 4) is 0 Å². The number of ether oxygens (including phenoxy) is 1. The van der Waals surface area contributed by atoms with Crippen LogP contribution in [0.5, 0.6) is 0 Å². The van der Waals surface area contributed by atoms with Crippen molar-refractivity contribution >= 4 is 38.7 Å². The third-order valence-corrected chi connectivity index (χ3v) is 7.13. The van der Waals surface area contributed by atoms with Gasteiger partial charge in [0.1, 0.15) is 22.0 Å². The molecule has 0 radical (unpaired) electrons. The Morgan fingerprint density at radius 3 is 2.80 bits per heavy atom. The maximum Gasteiger partial charge on any atom is 0.246 e. The van der Waals surface area contributed by atoms with Crippen LogP contribution in [0.1, 0.15) is 12.8 Å². The van der Waals surface area contributed by atoms with Crippen molar-refractivity contribution in [1.82, 2.24) is 18.0 Å². The molecule has 25 heavy (non-hydrogen) atoms. The van der Waals surface area contributed by atoms with Gasteiger partial charge in [0.15, 0.2) is 0 Å². The van der Waals surface area contributed by atoms with Gasteiger partial charge in [0, 0.05) is 19.6 Å². The molecule has 2 aliphatic rings. The SMILES string of the molecule is O=C(C1CCCN1S(=O)(=O)c1cccc2nsnc12)N1CCOCC1. The molecule has 1 amide bonds. The number of carbonyl (C=O) groups is 1. The summed E-state index contributed by atoms with van der Waals surface area (Å²) < 4.78 is 41.3. The van der Waals surface area contributed by atoms with E-state index in [1.807, 2.05) is 0 Å². The number of rotatable bonds is 3. The summed E-state index contributed by atoms with van der Waals surface area (Å²) in [6.45, 7) is 2.35. The lowest BCUT2D eigenvalue weighted by Crippen LogP contribution is -2.50. The number of hydrogen-bond acceptors (Lipinski definition) is 7. The Bertz CT molecular complexity index is 892. The smallest absolute Gasteiger partial charge is 0.246 e. The van der Waals surface area contributed by atoms with E-state index >= 15 is 0 Å². The van der Waals surface area contributed by atoms with E-state index in [1.54, 1.807) is 17.0 Å². The van der Waals surface area contributed by atoms with E-state index in [2.05, 4.69) is 8.75 Å². The number of aromatic nitrogens is 2. The molecule has 2 aromatic rings. The fraction of sp³-hybridized carbons (Fsp3) is 0.533. The normalized spacial score (nSPS) is 22.6. The Morgan fingerprint density at radius 2 is 2.00 bits per heavy atom. The number of amides is 1. The van der Waals surface area contributed by atoms with Crippen molar-refractivity contribution in [3.63, 3.8) is 0 Å². The first-order valence-corrected chi connectivity index (χ1v) is 10.4. The van der Waals surface area contributed by atoms with E-state index in [9.17, 15) is 13.2 Å². The molecule has 0 bridgehead atoms. The van der Waals surface area contributed by atoms with Gasteiger partial charge in [-0.1, -0.05) is 6.07 Å². The van der Waals surface area contributed by atoms with Crippen molar-refractivity contribution in [2.45, 2.75) is 23.8 Å². The second kappa shape index (κ2) is 6.60. The second-order valence-corrected chi connectivity index (χ2v) is 8.49. The number of hydrogen-bond donors (Lipinski definition) is 0. The van der Waals surface area contributed by atoms with Crippen LogP contribution in [0.2, 0.25) is 0 Å². The summed E-state index contributed by atoms with van der Waals surface area (Å²) in [6, 6.07) is 4.28. The maximum atomic E-state index is 13.2. The Kier molecular flexibility index (Phi) is 4.44. The number of fused-ring (bicyclic) bond motifs is 1. The maximum absolute atomic E-state index is 13.2. The van der Waals surface area contributed by atoms with Crippen molar-refractivity contribution in [2.24, 2.45) is 0 Å². The predicted molar refractivity (Wildman–Crippen MR) is 91.7 cm³/mol. The van der Waals surface area contributed by atoms with Gasteiger partial charge in [0.05, 0.1) is 24.9 Å². The van der Waals surface area contributed by atoms with E-state index in [4.69, 9.17) is 4.74 Å². The molecule has 4 rings (SSSR count). The van der Waals surface area contributed by atoms with Gasteiger partial charge in [-0.05, 0) is 25.0 Å². The highest BCUT2D eigenvalue weighted by Gasteiger charge is 2.42. The van der Waals surface area contributed by atoms with Crippen molar-refractivity contribution in [3.05, 3.63) is 18.2 Å². The molecular weight excluding hydrogens is 364 g/mol. The lowest BCUT2D eigenvalue weighted by molar-refractivity contribution is -0.138. The van der Waals surface area contributed by atoms with E-state index in [-0.39, 0.29) is 10.8 Å². The molecule has 1 unspecified atom stereocenters. The van der Waals surface area contributed by atoms with Gasteiger partial charge >= 0.3 is 0 Å². The topological polar surface area (TPSA) is 92.7 Å². The summed E-state index contributed by atoms with van der Waals surface area (Å²) in [5, 5.41) is 0. The van der Waals surface area contributed by atoms with Crippen LogP contribution in [-0.2, 0) is 19.6 Å². The van der Waals surface area contributed by atoms with E-state index in [0.29, 0.717) is 56.7 Å². The van der Waals surface area contributed by atoms with Gasteiger partial charge in [0.2, 0.25) is 15.9 Å². The fourth-order valence-electron chi connectivity index (χ4n) is 3.38. The Morgan fingerprint density at radius 1 is 1.20 bits per heavy atom. The van der Waals surface area contributed by atoms with Crippen molar-refractivity contribution in [1.29, 1.82) is 0 Å². The monoisotopic (exact) mass is 382 g/mol. The zero-order chi connectivity index (χ0) is 17.4. The summed E-state index contributed by atoms with van der Waals surface area (Å²) in [7, 11) is -3.81. The number of benzene rings is 1. The number of carbonyl (C=O) groups excluding carboxylic acids is 1. The largest absolute Gasteiger partial charge is 0.378 e. The van der Waals surface area contributed by atoms with E-state index < -0.39 is 16.1 Å². The van der Waals surface area contributed by atoms with Crippen LogP contribution in [0.3, 0.4) is 0 Å². The molecule has 0 aliphatic carbocycles. The molecule has 1 atom stereocenters. The number of nitrogens with zero attached hydrogens (tertiary/aromatic N) is 4. The minimum Gasteiger partial charge on any atom is -0.378 e. The van der Waals surface area contributed by atoms with Crippen LogP contribution in [0.15, 0.2) is 23.1 Å². The standard InChI is InChI=1S/C15H18N4O4S2/c20-15(18-7-9-23-10-8-18)12-4-2-6-19(12)25(21,22)13-5-1-3-11-14(13)17-24-16-11/h1,3,5,12H,2,4,6-10H2. The summed E-state index contributed by atoms with van der Waals surface area (Å²) in [6.07, 6.45) is 1.21. The average molecular weight is 382 g/mol. The molecule has 1 aromatic carbocycles. The van der Waals surface area contributed by atoms with E-state index in [0.717, 1.165) is 11.7 Å². The molecule has 0 N–H and O–H groups in total. The van der Waals surface area contributed by atoms with Crippen LogP contribution >= 0.6 is 11.7 Å². The Hall–Kier alpha value is -1.62. The minimum atomic E-state index is -3.81. The molecule has 3 heterocycles. The summed E-state index contributed by atoms with van der Waals surface area (Å²) >= 11 is 0.983. The van der Waals surface area contributed by atoms with E-state index in [1.165, 1.54) is 10.4 Å². The van der Waals surface area contributed by atoms with Crippen LogP contribution < -0.4 is 0 Å². The van der Waals surface area contributed by atoms with Gasteiger partial charge in [-0.2, -0.15) is 13.1 Å². The molecule has 0 saturated carbocycles. The first kappa shape index (κ1) is 16.8. The molecular formula is C15H18N4O4S2. The van der Waals surface area contributed by atoms with Gasteiger partial charge in [-0.3, -0.25) is 4.79 Å². The molecule has 2 fully saturated rings. The highest BCUT2D eigenvalue weighted by Crippen LogP contribution is 2.30. The first-order chi connectivity index (χ1) is 12.1. The van der Waals surface area contributed by atoms with Crippen LogP contribution in [0.4, 0.5) is 0 Å². The molecule has 2 aliphatic heterocycles. The molecule has 134 valence electrons. The molecule has 0 spiro atoms. The Labute approximate surface area is 149 Å². The number of morpholine rings is 1. The Balaban J connectivity index is 1.67. The fourth-order valence-corrected chi connectivity index (χ4v) is 5.79. The lowest BCUT2D eigenvalue weighted by Gasteiger charge is -2.32. The van der Waals surface area contributed by atoms with Gasteiger partial charge in [0.25, 0.3) is 0 Å². The third kappa shape index (κ3) is 2.92. The number of sulfonamides is 1. The van der Waals surface area contributed by atoms with Crippen LogP contribution in [-0.4, -0.2) is 71.2 Å². The zero-order valence-electron chi connectivity index (χ0n) is 13.5. The summed E-state index contributed by atoms with van der Waals surface area (Å²) in [4.78, 5) is 14.7. The van der Waals surface area contributed by atoms with Gasteiger partial charge < -0.3 is 9.64 Å². The van der Waals surface area contributed by atoms with Crippen LogP contribution in [0.25, 0.3) is 11.0 Å². The second-order valence-electron chi connectivity index (χ2n) is 6.10. The highest BCUT2D eigenvalue weighted by molar-refractivity contribution is 7.89. The van der Waals surface area contributed by atoms with Crippen molar-refractivity contribution in [2.75, 3.05) is 32.8 Å². The van der Waals surface area contributed by atoms with Gasteiger partial charge in [-0.15, -0.1) is 0 Å². The minimum absolute atomic E-state index is 0.125. The third-order valence-electron chi connectivity index (χ3n) is 4.65. The van der Waals surface area contributed by atoms with Crippen molar-refractivity contribution < 1.29 is 17.9 Å². The van der Waals surface area contributed by atoms with Gasteiger partial charge in [-0.25, -0.2) is 8.42 Å². The molecule has 2 saturated heterocycles. The summed E-state index contributed by atoms with van der Waals surface area (Å²) in [5.74, 6) is -0.132. The zero-order valence-corrected chi connectivity index (χ0v) is 15.1. The van der Waals surface area contributed by atoms with Crippen LogP contribution in [0, 0.1) is 0 Å². The summed E-state index contributed by atoms with van der Waals surface area (Å²) in [5.41, 5.74) is 0.929. The lowest BCUT2D eigenvalue weighted by atomic mass is 10.2. The highest BCUT2D eigenvalue weighted by atomic mass is 32.2. The quantitative estimate of drug-likeness (QED) is 0.776. The average Bonchev–Trinajstić information content (AvgIpc) is 3.30. The predicted octanol–water partition coefficient (Wildman–Crippen LogP) is 0.703. The molecule has 1 aromatic heterocycles. The first-order valence-electron chi connectivity index (χ1n) is 8.19.